The molecule has 1 saturated heterocycles. The minimum Gasteiger partial charge on any atom is -0.460 e. The summed E-state index contributed by atoms with van der Waals surface area (Å²) in [5, 5.41) is 18.3. The first-order chi connectivity index (χ1) is 11.6. The zero-order valence-electron chi connectivity index (χ0n) is 13.4. The van der Waals surface area contributed by atoms with Crippen LogP contribution in [0.15, 0.2) is 35.0 Å². The lowest BCUT2D eigenvalue weighted by Crippen LogP contribution is -2.55. The van der Waals surface area contributed by atoms with Crippen LogP contribution in [0.1, 0.15) is 35.4 Å². The van der Waals surface area contributed by atoms with E-state index >= 15 is 0 Å². The maximum atomic E-state index is 12.9. The molecule has 0 amide bonds. The van der Waals surface area contributed by atoms with Crippen LogP contribution in [0.25, 0.3) is 0 Å². The number of nitrogens with one attached hydrogen (secondary N) is 1. The molecule has 0 bridgehead atoms. The number of carbonyl (C=O) groups excluding carboxylic acids is 1. The fourth-order valence-corrected chi connectivity index (χ4v) is 5.40. The molecule has 6 heteroatoms. The van der Waals surface area contributed by atoms with Crippen LogP contribution in [0.3, 0.4) is 0 Å². The van der Waals surface area contributed by atoms with E-state index in [1.54, 1.807) is 12.1 Å². The molecule has 24 heavy (non-hydrogen) atoms. The third-order valence-electron chi connectivity index (χ3n) is 5.32. The van der Waals surface area contributed by atoms with E-state index in [0.717, 1.165) is 38.8 Å². The molecule has 4 rings (SSSR count). The fraction of sp³-hybridized carbons (Fsp3) is 0.500. The van der Waals surface area contributed by atoms with Crippen LogP contribution in [0.5, 0.6) is 0 Å². The molecule has 1 saturated carbocycles. The molecule has 0 unspecified atom stereocenters. The lowest BCUT2D eigenvalue weighted by Gasteiger charge is -2.47. The standard InChI is InChI=1S/C18H21NO3S2/c20-16(22-13-5-7-17(8-6-13)11-19-12-17)18(21,14-3-1-9-23-14)15-4-2-10-24-15/h1-4,9-10,13,19,21H,5-8,11-12H2. The molecule has 0 atom stereocenters. The van der Waals surface area contributed by atoms with Crippen LogP contribution < -0.4 is 5.32 Å². The number of esters is 1. The molecule has 3 heterocycles. The predicted octanol–water partition coefficient (Wildman–Crippen LogP) is 3.12. The van der Waals surface area contributed by atoms with Gasteiger partial charge in [0.25, 0.3) is 0 Å². The quantitative estimate of drug-likeness (QED) is 0.820. The van der Waals surface area contributed by atoms with Gasteiger partial charge in [-0.2, -0.15) is 0 Å². The van der Waals surface area contributed by atoms with Gasteiger partial charge in [-0.1, -0.05) is 12.1 Å². The second kappa shape index (κ2) is 6.26. The van der Waals surface area contributed by atoms with E-state index in [2.05, 4.69) is 5.32 Å². The second-order valence-electron chi connectivity index (χ2n) is 6.87. The Morgan fingerprint density at radius 2 is 1.75 bits per heavy atom. The number of hydrogen-bond acceptors (Lipinski definition) is 6. The van der Waals surface area contributed by atoms with Crippen molar-refractivity contribution >= 4 is 28.6 Å². The van der Waals surface area contributed by atoms with Crippen LogP contribution in [-0.2, 0) is 15.1 Å². The van der Waals surface area contributed by atoms with Crippen LogP contribution in [0.2, 0.25) is 0 Å². The van der Waals surface area contributed by atoms with Gasteiger partial charge in [-0.15, -0.1) is 22.7 Å². The molecule has 1 spiro atoms. The van der Waals surface area contributed by atoms with Crippen molar-refractivity contribution in [3.63, 3.8) is 0 Å². The Morgan fingerprint density at radius 3 is 2.17 bits per heavy atom. The minimum atomic E-state index is -1.69. The highest BCUT2D eigenvalue weighted by molar-refractivity contribution is 7.12. The number of ether oxygens (including phenoxy) is 1. The van der Waals surface area contributed by atoms with E-state index < -0.39 is 11.6 Å². The normalized spacial score (nSPS) is 20.7. The molecule has 0 aromatic carbocycles. The smallest absolute Gasteiger partial charge is 0.349 e. The summed E-state index contributed by atoms with van der Waals surface area (Å²) in [6.07, 6.45) is 3.87. The lowest BCUT2D eigenvalue weighted by atomic mass is 9.69. The van der Waals surface area contributed by atoms with E-state index in [9.17, 15) is 9.90 Å². The number of thiophene rings is 2. The predicted molar refractivity (Wildman–Crippen MR) is 95.3 cm³/mol. The van der Waals surface area contributed by atoms with Crippen molar-refractivity contribution in [2.75, 3.05) is 13.1 Å². The first kappa shape index (κ1) is 16.3. The molecular weight excluding hydrogens is 342 g/mol. The summed E-state index contributed by atoms with van der Waals surface area (Å²) in [7, 11) is 0. The SMILES string of the molecule is O=C(OC1CCC2(CC1)CNC2)C(O)(c1cccs1)c1cccs1. The third-order valence-corrected chi connectivity index (χ3v) is 7.28. The summed E-state index contributed by atoms with van der Waals surface area (Å²) in [4.78, 5) is 14.1. The first-order valence-electron chi connectivity index (χ1n) is 8.35. The van der Waals surface area contributed by atoms with Gasteiger partial charge < -0.3 is 15.2 Å². The van der Waals surface area contributed by atoms with Gasteiger partial charge in [0, 0.05) is 13.1 Å². The lowest BCUT2D eigenvalue weighted by molar-refractivity contribution is -0.170. The fourth-order valence-electron chi connectivity index (χ4n) is 3.68. The Balaban J connectivity index is 1.50. The molecule has 4 nitrogen and oxygen atoms in total. The Hall–Kier alpha value is -1.21. The maximum absolute atomic E-state index is 12.9. The summed E-state index contributed by atoms with van der Waals surface area (Å²) < 4.78 is 5.77. The molecular formula is C18H21NO3S2. The molecule has 1 aliphatic carbocycles. The van der Waals surface area contributed by atoms with E-state index in [0.29, 0.717) is 15.2 Å². The molecule has 2 fully saturated rings. The maximum Gasteiger partial charge on any atom is 0.349 e. The van der Waals surface area contributed by atoms with Crippen molar-refractivity contribution in [1.82, 2.24) is 5.32 Å². The van der Waals surface area contributed by atoms with Crippen LogP contribution in [0.4, 0.5) is 0 Å². The van der Waals surface area contributed by atoms with Gasteiger partial charge in [0.15, 0.2) is 0 Å². The van der Waals surface area contributed by atoms with E-state index in [1.165, 1.54) is 22.7 Å². The summed E-state index contributed by atoms with van der Waals surface area (Å²) in [5.74, 6) is -0.542. The van der Waals surface area contributed by atoms with E-state index in [-0.39, 0.29) is 6.10 Å². The van der Waals surface area contributed by atoms with Crippen molar-refractivity contribution in [2.24, 2.45) is 5.41 Å². The number of aliphatic hydroxyl groups is 1. The zero-order chi connectivity index (χ0) is 16.6. The Morgan fingerprint density at radius 1 is 1.17 bits per heavy atom. The monoisotopic (exact) mass is 363 g/mol. The summed E-state index contributed by atoms with van der Waals surface area (Å²) in [6, 6.07) is 7.28. The Bertz CT molecular complexity index is 648. The number of hydrogen-bond donors (Lipinski definition) is 2. The molecule has 1 aliphatic heterocycles. The highest BCUT2D eigenvalue weighted by Gasteiger charge is 2.46. The van der Waals surface area contributed by atoms with Gasteiger partial charge >= 0.3 is 5.97 Å². The zero-order valence-corrected chi connectivity index (χ0v) is 15.0. The summed E-state index contributed by atoms with van der Waals surface area (Å²) in [6.45, 7) is 2.17. The molecule has 2 aromatic heterocycles. The molecule has 2 aromatic rings. The average molecular weight is 364 g/mol. The van der Waals surface area contributed by atoms with Gasteiger partial charge in [0.2, 0.25) is 5.60 Å². The van der Waals surface area contributed by atoms with Crippen LogP contribution >= 0.6 is 22.7 Å². The van der Waals surface area contributed by atoms with Crippen molar-refractivity contribution in [1.29, 1.82) is 0 Å². The van der Waals surface area contributed by atoms with E-state index in [1.807, 2.05) is 22.9 Å². The number of rotatable bonds is 4. The van der Waals surface area contributed by atoms with Crippen molar-refractivity contribution in [2.45, 2.75) is 37.4 Å². The summed E-state index contributed by atoms with van der Waals surface area (Å²) in [5.41, 5.74) is -1.25. The highest BCUT2D eigenvalue weighted by Crippen LogP contribution is 2.42. The molecule has 0 radical (unpaired) electrons. The van der Waals surface area contributed by atoms with Crippen LogP contribution in [0, 0.1) is 5.41 Å². The van der Waals surface area contributed by atoms with Gasteiger partial charge in [-0.05, 0) is 54.0 Å². The second-order valence-corrected chi connectivity index (χ2v) is 8.77. The number of carbonyl (C=O) groups is 1. The van der Waals surface area contributed by atoms with Gasteiger partial charge in [-0.3, -0.25) is 0 Å². The Labute approximate surface area is 149 Å². The topological polar surface area (TPSA) is 58.6 Å². The third kappa shape index (κ3) is 2.71. The van der Waals surface area contributed by atoms with Gasteiger partial charge in [-0.25, -0.2) is 4.79 Å². The Kier molecular flexibility index (Phi) is 4.24. The average Bonchev–Trinajstić information content (AvgIpc) is 3.27. The largest absolute Gasteiger partial charge is 0.460 e. The van der Waals surface area contributed by atoms with Crippen LogP contribution in [-0.4, -0.2) is 30.3 Å². The molecule has 128 valence electrons. The first-order valence-corrected chi connectivity index (χ1v) is 10.1. The van der Waals surface area contributed by atoms with Gasteiger partial charge in [0.05, 0.1) is 9.75 Å². The van der Waals surface area contributed by atoms with Crippen molar-refractivity contribution in [3.05, 3.63) is 44.8 Å². The molecule has 2 aliphatic rings. The summed E-state index contributed by atoms with van der Waals surface area (Å²) >= 11 is 2.76. The van der Waals surface area contributed by atoms with Crippen molar-refractivity contribution in [3.8, 4) is 0 Å². The molecule has 2 N–H and O–H groups in total. The highest BCUT2D eigenvalue weighted by atomic mass is 32.1. The van der Waals surface area contributed by atoms with E-state index in [4.69, 9.17) is 4.74 Å². The van der Waals surface area contributed by atoms with Gasteiger partial charge in [0.1, 0.15) is 6.10 Å². The van der Waals surface area contributed by atoms with Crippen molar-refractivity contribution < 1.29 is 14.6 Å². The minimum absolute atomic E-state index is 0.0878.